The maximum absolute atomic E-state index is 14.0. The average Bonchev–Trinajstić information content (AvgIpc) is 2.81. The number of aryl methyl sites for hydroxylation is 1. The Hall–Kier alpha value is -0.970. The van der Waals surface area contributed by atoms with Gasteiger partial charge in [-0.05, 0) is 31.0 Å². The number of rotatable bonds is 6. The van der Waals surface area contributed by atoms with Crippen molar-refractivity contribution in [1.82, 2.24) is 10.3 Å². The minimum absolute atomic E-state index is 0.319. The van der Waals surface area contributed by atoms with Gasteiger partial charge in [-0.25, -0.2) is 9.37 Å². The number of benzene rings is 1. The fraction of sp³-hybridized carbons (Fsp3) is 0.438. The molecule has 2 rings (SSSR count). The minimum atomic E-state index is -0.319. The summed E-state index contributed by atoms with van der Waals surface area (Å²) in [6.45, 7) is 8.13. The summed E-state index contributed by atoms with van der Waals surface area (Å²) < 4.78 is 14.0. The molecule has 0 radical (unpaired) electrons. The Labute approximate surface area is 134 Å². The van der Waals surface area contributed by atoms with Crippen molar-refractivity contribution >= 4 is 22.9 Å². The van der Waals surface area contributed by atoms with Crippen molar-refractivity contribution in [1.29, 1.82) is 0 Å². The van der Waals surface area contributed by atoms with Crippen LogP contribution in [0.1, 0.15) is 31.3 Å². The van der Waals surface area contributed by atoms with Crippen LogP contribution in [-0.4, -0.2) is 11.5 Å². The van der Waals surface area contributed by atoms with Crippen molar-refractivity contribution in [3.8, 4) is 10.6 Å². The van der Waals surface area contributed by atoms with E-state index in [1.54, 1.807) is 12.1 Å². The highest BCUT2D eigenvalue weighted by Crippen LogP contribution is 2.35. The molecular formula is C16H20ClFN2S. The SMILES string of the molecule is CCc1nc(-c2c(F)cccc2Cl)sc1CNCC(C)C. The van der Waals surface area contributed by atoms with Gasteiger partial charge in [0.05, 0.1) is 16.3 Å². The fourth-order valence-corrected chi connectivity index (χ4v) is 3.57. The second-order valence-electron chi connectivity index (χ2n) is 5.36. The quantitative estimate of drug-likeness (QED) is 0.815. The molecule has 0 saturated carbocycles. The second kappa shape index (κ2) is 7.34. The fourth-order valence-electron chi connectivity index (χ4n) is 2.08. The predicted octanol–water partition coefficient (Wildman–Crippen LogP) is 4.91. The summed E-state index contributed by atoms with van der Waals surface area (Å²) in [4.78, 5) is 5.73. The highest BCUT2D eigenvalue weighted by Gasteiger charge is 2.16. The molecule has 0 spiro atoms. The lowest BCUT2D eigenvalue weighted by atomic mass is 10.2. The molecule has 5 heteroatoms. The van der Waals surface area contributed by atoms with Gasteiger partial charge in [0.1, 0.15) is 10.8 Å². The Bertz CT molecular complexity index is 590. The van der Waals surface area contributed by atoms with Crippen molar-refractivity contribution in [2.24, 2.45) is 5.92 Å². The molecule has 1 heterocycles. The summed E-state index contributed by atoms with van der Waals surface area (Å²) in [5.74, 6) is 0.282. The maximum atomic E-state index is 14.0. The Morgan fingerprint density at radius 1 is 1.38 bits per heavy atom. The standard InChI is InChI=1S/C16H20ClFN2S/c1-4-13-14(9-19-8-10(2)3)21-16(20-13)15-11(17)6-5-7-12(15)18/h5-7,10,19H,4,8-9H2,1-3H3. The molecule has 21 heavy (non-hydrogen) atoms. The topological polar surface area (TPSA) is 24.9 Å². The Morgan fingerprint density at radius 2 is 2.14 bits per heavy atom. The summed E-state index contributed by atoms with van der Waals surface area (Å²) in [7, 11) is 0. The first-order valence-electron chi connectivity index (χ1n) is 7.16. The lowest BCUT2D eigenvalue weighted by Crippen LogP contribution is -2.18. The highest BCUT2D eigenvalue weighted by atomic mass is 35.5. The zero-order valence-corrected chi connectivity index (χ0v) is 14.1. The Kier molecular flexibility index (Phi) is 5.73. The van der Waals surface area contributed by atoms with E-state index in [9.17, 15) is 4.39 Å². The first-order chi connectivity index (χ1) is 10.0. The van der Waals surface area contributed by atoms with Crippen LogP contribution in [-0.2, 0) is 13.0 Å². The van der Waals surface area contributed by atoms with Gasteiger partial charge in [0.2, 0.25) is 0 Å². The lowest BCUT2D eigenvalue weighted by Gasteiger charge is -2.06. The number of hydrogen-bond acceptors (Lipinski definition) is 3. The van der Waals surface area contributed by atoms with Gasteiger partial charge in [0.15, 0.2) is 0 Å². The number of aromatic nitrogens is 1. The highest BCUT2D eigenvalue weighted by molar-refractivity contribution is 7.15. The molecule has 1 aromatic carbocycles. The van der Waals surface area contributed by atoms with Crippen LogP contribution in [0.2, 0.25) is 5.02 Å². The first-order valence-corrected chi connectivity index (χ1v) is 8.36. The average molecular weight is 327 g/mol. The molecule has 0 saturated heterocycles. The number of hydrogen-bond donors (Lipinski definition) is 1. The van der Waals surface area contributed by atoms with Crippen molar-refractivity contribution in [3.63, 3.8) is 0 Å². The summed E-state index contributed by atoms with van der Waals surface area (Å²) >= 11 is 7.64. The summed E-state index contributed by atoms with van der Waals surface area (Å²) in [5.41, 5.74) is 1.43. The molecule has 0 aliphatic heterocycles. The van der Waals surface area contributed by atoms with E-state index in [4.69, 9.17) is 11.6 Å². The lowest BCUT2D eigenvalue weighted by molar-refractivity contribution is 0.553. The van der Waals surface area contributed by atoms with Gasteiger partial charge in [0.25, 0.3) is 0 Å². The van der Waals surface area contributed by atoms with Crippen LogP contribution in [0.4, 0.5) is 4.39 Å². The number of thiazole rings is 1. The molecule has 2 aromatic rings. The number of nitrogens with one attached hydrogen (secondary N) is 1. The molecule has 1 aromatic heterocycles. The molecule has 1 N–H and O–H groups in total. The van der Waals surface area contributed by atoms with E-state index < -0.39 is 0 Å². The Balaban J connectivity index is 2.28. The van der Waals surface area contributed by atoms with Crippen LogP contribution in [0.5, 0.6) is 0 Å². The monoisotopic (exact) mass is 326 g/mol. The molecule has 0 atom stereocenters. The van der Waals surface area contributed by atoms with Crippen molar-refractivity contribution in [2.75, 3.05) is 6.54 Å². The zero-order chi connectivity index (χ0) is 15.4. The summed E-state index contributed by atoms with van der Waals surface area (Å²) in [6.07, 6.45) is 0.835. The van der Waals surface area contributed by atoms with Crippen LogP contribution in [0.15, 0.2) is 18.2 Å². The molecule has 2 nitrogen and oxygen atoms in total. The smallest absolute Gasteiger partial charge is 0.134 e. The van der Waals surface area contributed by atoms with Crippen molar-refractivity contribution in [3.05, 3.63) is 39.6 Å². The molecule has 0 unspecified atom stereocenters. The van der Waals surface area contributed by atoms with Gasteiger partial charge < -0.3 is 5.32 Å². The Morgan fingerprint density at radius 3 is 2.76 bits per heavy atom. The van der Waals surface area contributed by atoms with Gasteiger partial charge in [-0.3, -0.25) is 0 Å². The van der Waals surface area contributed by atoms with E-state index in [2.05, 4.69) is 31.1 Å². The minimum Gasteiger partial charge on any atom is -0.312 e. The zero-order valence-electron chi connectivity index (χ0n) is 12.5. The molecule has 0 bridgehead atoms. The summed E-state index contributed by atoms with van der Waals surface area (Å²) in [6, 6.07) is 4.73. The number of halogens is 2. The molecule has 0 fully saturated rings. The van der Waals surface area contributed by atoms with Gasteiger partial charge in [-0.1, -0.05) is 38.4 Å². The van der Waals surface area contributed by atoms with Crippen LogP contribution in [0.3, 0.4) is 0 Å². The first kappa shape index (κ1) is 16.4. The van der Waals surface area contributed by atoms with Gasteiger partial charge in [-0.2, -0.15) is 0 Å². The van der Waals surface area contributed by atoms with Crippen LogP contribution >= 0.6 is 22.9 Å². The van der Waals surface area contributed by atoms with Crippen LogP contribution in [0.25, 0.3) is 10.6 Å². The van der Waals surface area contributed by atoms with E-state index in [1.165, 1.54) is 17.4 Å². The van der Waals surface area contributed by atoms with E-state index in [0.29, 0.717) is 21.5 Å². The maximum Gasteiger partial charge on any atom is 0.134 e. The van der Waals surface area contributed by atoms with Crippen molar-refractivity contribution in [2.45, 2.75) is 33.7 Å². The van der Waals surface area contributed by atoms with Gasteiger partial charge in [0, 0.05) is 11.4 Å². The predicted molar refractivity (Wildman–Crippen MR) is 88.4 cm³/mol. The van der Waals surface area contributed by atoms with Gasteiger partial charge >= 0.3 is 0 Å². The molecule has 0 aliphatic carbocycles. The van der Waals surface area contributed by atoms with Crippen LogP contribution < -0.4 is 5.32 Å². The van der Waals surface area contributed by atoms with Crippen molar-refractivity contribution < 1.29 is 4.39 Å². The number of nitrogens with zero attached hydrogens (tertiary/aromatic N) is 1. The van der Waals surface area contributed by atoms with Gasteiger partial charge in [-0.15, -0.1) is 11.3 Å². The van der Waals surface area contributed by atoms with E-state index in [1.807, 2.05) is 0 Å². The largest absolute Gasteiger partial charge is 0.312 e. The molecular weight excluding hydrogens is 307 g/mol. The molecule has 0 amide bonds. The third-order valence-electron chi connectivity index (χ3n) is 3.13. The van der Waals surface area contributed by atoms with Crippen LogP contribution in [0, 0.1) is 11.7 Å². The van der Waals surface area contributed by atoms with E-state index >= 15 is 0 Å². The molecule has 114 valence electrons. The molecule has 0 aliphatic rings. The second-order valence-corrected chi connectivity index (χ2v) is 6.85. The van der Waals surface area contributed by atoms with E-state index in [-0.39, 0.29) is 5.82 Å². The third-order valence-corrected chi connectivity index (χ3v) is 4.56. The third kappa shape index (κ3) is 4.02. The van der Waals surface area contributed by atoms with E-state index in [0.717, 1.165) is 30.1 Å². The summed E-state index contributed by atoms with van der Waals surface area (Å²) in [5, 5.41) is 4.49. The normalized spacial score (nSPS) is 11.3.